The number of nitriles is 1. The van der Waals surface area contributed by atoms with Crippen molar-refractivity contribution in [1.82, 2.24) is 29.3 Å². The maximum absolute atomic E-state index is 13.7. The number of nitrogen functional groups attached to an aromatic ring is 1. The van der Waals surface area contributed by atoms with Crippen molar-refractivity contribution in [3.05, 3.63) is 83.1 Å². The van der Waals surface area contributed by atoms with Crippen LogP contribution in [0.15, 0.2) is 77.4 Å². The van der Waals surface area contributed by atoms with Gasteiger partial charge < -0.3 is 20.7 Å². The maximum atomic E-state index is 13.7. The van der Waals surface area contributed by atoms with Crippen molar-refractivity contribution in [2.75, 3.05) is 19.8 Å². The third-order valence-electron chi connectivity index (χ3n) is 6.66. The fourth-order valence-corrected chi connectivity index (χ4v) is 4.05. The van der Waals surface area contributed by atoms with E-state index in [9.17, 15) is 14.9 Å². The monoisotopic (exact) mass is 540 g/mol. The van der Waals surface area contributed by atoms with Gasteiger partial charge in [-0.3, -0.25) is 13.9 Å². The molecule has 0 aliphatic rings. The average Bonchev–Trinajstić information content (AvgIpc) is 3.20. The van der Waals surface area contributed by atoms with Gasteiger partial charge in [0.1, 0.15) is 35.0 Å². The van der Waals surface area contributed by atoms with Gasteiger partial charge >= 0.3 is 5.69 Å². The van der Waals surface area contributed by atoms with E-state index in [1.807, 2.05) is 69.2 Å². The highest BCUT2D eigenvalue weighted by Crippen LogP contribution is 2.25. The number of carbonyl (C=O) groups is 1. The molecule has 0 aliphatic heterocycles. The van der Waals surface area contributed by atoms with Crippen LogP contribution in [0.25, 0.3) is 16.9 Å². The number of likely N-dealkylation sites (N-methyl/N-ethyl adjacent to an activating group) is 1. The van der Waals surface area contributed by atoms with Gasteiger partial charge in [-0.2, -0.15) is 5.26 Å². The van der Waals surface area contributed by atoms with Crippen molar-refractivity contribution in [1.29, 1.82) is 5.26 Å². The summed E-state index contributed by atoms with van der Waals surface area (Å²) >= 11 is 0. The Morgan fingerprint density at radius 3 is 2.42 bits per heavy atom. The van der Waals surface area contributed by atoms with Gasteiger partial charge in [-0.15, -0.1) is 0 Å². The molecule has 1 amide bonds. The van der Waals surface area contributed by atoms with Crippen LogP contribution in [0.1, 0.15) is 20.8 Å². The Labute approximate surface area is 232 Å². The fourth-order valence-electron chi connectivity index (χ4n) is 4.05. The molecule has 0 unspecified atom stereocenters. The van der Waals surface area contributed by atoms with Crippen LogP contribution in [0.3, 0.4) is 0 Å². The molecule has 0 aliphatic carbocycles. The number of nitrogens with zero attached hydrogens (tertiary/aromatic N) is 6. The zero-order valence-electron chi connectivity index (χ0n) is 23.1. The van der Waals surface area contributed by atoms with Crippen molar-refractivity contribution >= 4 is 22.9 Å². The lowest BCUT2D eigenvalue weighted by Gasteiger charge is -2.29. The molecule has 11 nitrogen and oxygen atoms in total. The van der Waals surface area contributed by atoms with Gasteiger partial charge in [0.25, 0.3) is 5.91 Å². The summed E-state index contributed by atoms with van der Waals surface area (Å²) in [5.74, 6) is 0.913. The van der Waals surface area contributed by atoms with E-state index in [1.54, 1.807) is 37.3 Å². The van der Waals surface area contributed by atoms with Gasteiger partial charge in [0.2, 0.25) is 0 Å². The van der Waals surface area contributed by atoms with Gasteiger partial charge in [0.15, 0.2) is 11.5 Å². The number of nitrogens with one attached hydrogen (secondary N) is 1. The minimum atomic E-state index is -0.523. The first-order chi connectivity index (χ1) is 19.0. The van der Waals surface area contributed by atoms with E-state index in [-0.39, 0.29) is 17.9 Å². The van der Waals surface area contributed by atoms with E-state index in [2.05, 4.69) is 15.3 Å². The number of imidazole rings is 1. The molecule has 0 saturated heterocycles. The lowest BCUT2D eigenvalue weighted by molar-refractivity contribution is -0.117. The largest absolute Gasteiger partial charge is 0.457 e. The molecule has 4 aromatic rings. The van der Waals surface area contributed by atoms with Crippen molar-refractivity contribution in [3.63, 3.8) is 0 Å². The smallest absolute Gasteiger partial charge is 0.335 e. The fraction of sp³-hybridized carbons (Fsp3) is 0.276. The van der Waals surface area contributed by atoms with E-state index in [0.29, 0.717) is 28.4 Å². The zero-order valence-corrected chi connectivity index (χ0v) is 23.1. The molecule has 4 rings (SSSR count). The Bertz CT molecular complexity index is 1650. The predicted octanol–water partition coefficient (Wildman–Crippen LogP) is 3.25. The van der Waals surface area contributed by atoms with Crippen LogP contribution in [0.4, 0.5) is 5.82 Å². The van der Waals surface area contributed by atoms with Crippen molar-refractivity contribution in [2.24, 2.45) is 0 Å². The Morgan fingerprint density at radius 2 is 1.80 bits per heavy atom. The van der Waals surface area contributed by atoms with E-state index in [0.717, 1.165) is 0 Å². The third kappa shape index (κ3) is 5.87. The average molecular weight is 541 g/mol. The summed E-state index contributed by atoms with van der Waals surface area (Å²) in [6.45, 7) is 5.65. The number of fused-ring (bicyclic) bond motifs is 1. The van der Waals surface area contributed by atoms with Crippen LogP contribution in [-0.4, -0.2) is 55.6 Å². The molecule has 2 heterocycles. The lowest BCUT2D eigenvalue weighted by Crippen LogP contribution is -2.41. The van der Waals surface area contributed by atoms with Crippen LogP contribution in [0, 0.1) is 11.3 Å². The van der Waals surface area contributed by atoms with Crippen LogP contribution in [0.2, 0.25) is 0 Å². The van der Waals surface area contributed by atoms with Crippen LogP contribution in [-0.2, 0) is 11.3 Å². The van der Waals surface area contributed by atoms with Crippen LogP contribution in [0.5, 0.6) is 11.5 Å². The number of hydrogen-bond acceptors (Lipinski definition) is 8. The second-order valence-corrected chi connectivity index (χ2v) is 10.2. The van der Waals surface area contributed by atoms with E-state index >= 15 is 0 Å². The minimum Gasteiger partial charge on any atom is -0.457 e. The highest BCUT2D eigenvalue weighted by atomic mass is 16.5. The van der Waals surface area contributed by atoms with Crippen LogP contribution < -0.4 is 21.5 Å². The first-order valence-electron chi connectivity index (χ1n) is 12.7. The maximum Gasteiger partial charge on any atom is 0.335 e. The first kappa shape index (κ1) is 28.1. The summed E-state index contributed by atoms with van der Waals surface area (Å²) in [6, 6.07) is 17.8. The standard InChI is InChI=1S/C29H32N8O3/c1-19(34-27(38)20(16-30)15-29(2,3)35(4)5)17-36-26-24(25(31)32-18-33-26)37(28(36)39)21-11-13-23(14-12-21)40-22-9-7-6-8-10-22/h6-15,18-19H,17H2,1-5H3,(H,34,38)(H2,31,32,33)/t19-/m0/s1. The summed E-state index contributed by atoms with van der Waals surface area (Å²) in [4.78, 5) is 36.9. The molecule has 1 atom stereocenters. The van der Waals surface area contributed by atoms with Crippen molar-refractivity contribution < 1.29 is 9.53 Å². The zero-order chi connectivity index (χ0) is 29.0. The number of aromatic nitrogens is 4. The number of rotatable bonds is 9. The third-order valence-corrected chi connectivity index (χ3v) is 6.66. The quantitative estimate of drug-likeness (QED) is 0.243. The van der Waals surface area contributed by atoms with E-state index < -0.39 is 23.2 Å². The molecule has 0 radical (unpaired) electrons. The SMILES string of the molecule is C[C@@H](Cn1c(=O)n(-c2ccc(Oc3ccccc3)cc2)c2c(N)ncnc21)NC(=O)C(C#N)=CC(C)(C)N(C)C. The highest BCUT2D eigenvalue weighted by Gasteiger charge is 2.24. The molecule has 0 saturated carbocycles. The molecule has 2 aromatic carbocycles. The number of anilines is 1. The second kappa shape index (κ2) is 11.4. The summed E-state index contributed by atoms with van der Waals surface area (Å²) in [5.41, 5.74) is 6.51. The molecular formula is C29H32N8O3. The molecule has 206 valence electrons. The van der Waals surface area contributed by atoms with E-state index in [4.69, 9.17) is 10.5 Å². The highest BCUT2D eigenvalue weighted by molar-refractivity contribution is 5.97. The van der Waals surface area contributed by atoms with Crippen LogP contribution >= 0.6 is 0 Å². The number of hydrogen-bond donors (Lipinski definition) is 2. The number of benzene rings is 2. The van der Waals surface area contributed by atoms with Gasteiger partial charge in [-0.1, -0.05) is 18.2 Å². The van der Waals surface area contributed by atoms with Gasteiger partial charge in [0, 0.05) is 18.1 Å². The molecule has 0 bridgehead atoms. The molecule has 0 spiro atoms. The lowest BCUT2D eigenvalue weighted by atomic mass is 10.00. The van der Waals surface area contributed by atoms with Crippen molar-refractivity contribution in [2.45, 2.75) is 38.9 Å². The first-order valence-corrected chi connectivity index (χ1v) is 12.7. The summed E-state index contributed by atoms with van der Waals surface area (Å²) < 4.78 is 8.74. The van der Waals surface area contributed by atoms with Gasteiger partial charge in [-0.05, 0) is 77.3 Å². The second-order valence-electron chi connectivity index (χ2n) is 10.2. The molecule has 11 heteroatoms. The molecular weight excluding hydrogens is 508 g/mol. The van der Waals surface area contributed by atoms with Gasteiger partial charge in [-0.25, -0.2) is 14.8 Å². The molecule has 2 aromatic heterocycles. The van der Waals surface area contributed by atoms with Crippen molar-refractivity contribution in [3.8, 4) is 23.3 Å². The summed E-state index contributed by atoms with van der Waals surface area (Å²) in [7, 11) is 3.73. The molecule has 0 fully saturated rings. The number of amides is 1. The normalized spacial score (nSPS) is 12.8. The minimum absolute atomic E-state index is 0.00953. The number of ether oxygens (including phenoxy) is 1. The summed E-state index contributed by atoms with van der Waals surface area (Å²) in [5, 5.41) is 12.4. The van der Waals surface area contributed by atoms with Gasteiger partial charge in [0.05, 0.1) is 5.69 Å². The number of para-hydroxylation sites is 1. The topological polar surface area (TPSA) is 144 Å². The van der Waals surface area contributed by atoms with E-state index in [1.165, 1.54) is 15.5 Å². The summed E-state index contributed by atoms with van der Waals surface area (Å²) in [6.07, 6.45) is 2.91. The Morgan fingerprint density at radius 1 is 1.15 bits per heavy atom. The predicted molar refractivity (Wildman–Crippen MR) is 153 cm³/mol. The Kier molecular flexibility index (Phi) is 8.02. The molecule has 3 N–H and O–H groups in total. The number of carbonyl (C=O) groups excluding carboxylic acids is 1. The Balaban J connectivity index is 1.63. The number of nitrogens with two attached hydrogens (primary N) is 1. The Hall–Kier alpha value is -4.95. The molecule has 40 heavy (non-hydrogen) atoms.